The topological polar surface area (TPSA) is 98.8 Å². The molecule has 0 spiro atoms. The van der Waals surface area contributed by atoms with Crippen molar-refractivity contribution in [2.24, 2.45) is 7.05 Å². The molecule has 9 heteroatoms. The molecule has 1 N–H and O–H groups in total. The molecule has 0 saturated heterocycles. The van der Waals surface area contributed by atoms with E-state index in [2.05, 4.69) is 20.5 Å². The molecular weight excluding hydrogens is 304 g/mol. The molecule has 22 heavy (non-hydrogen) atoms. The third-order valence-electron chi connectivity index (χ3n) is 3.02. The SMILES string of the molecule is Cn1cnnc1-c1cncc(NCc2csc([N+](=O)[O-])c2)c1. The van der Waals surface area contributed by atoms with E-state index in [0.717, 1.165) is 34.0 Å². The summed E-state index contributed by atoms with van der Waals surface area (Å²) >= 11 is 1.12. The van der Waals surface area contributed by atoms with Crippen LogP contribution in [0.1, 0.15) is 5.56 Å². The van der Waals surface area contributed by atoms with Crippen molar-refractivity contribution in [3.8, 4) is 11.4 Å². The Kier molecular flexibility index (Phi) is 3.79. The van der Waals surface area contributed by atoms with Crippen LogP contribution in [0.4, 0.5) is 10.7 Å². The summed E-state index contributed by atoms with van der Waals surface area (Å²) in [5, 5.41) is 23.7. The molecule has 0 amide bonds. The van der Waals surface area contributed by atoms with Crippen molar-refractivity contribution >= 4 is 22.0 Å². The second kappa shape index (κ2) is 5.90. The Balaban J connectivity index is 1.73. The van der Waals surface area contributed by atoms with Gasteiger partial charge in [0.2, 0.25) is 0 Å². The standard InChI is InChI=1S/C13H12N6O2S/c1-18-8-16-17-13(18)10-3-11(6-14-5-10)15-4-9-2-12(19(20)21)22-7-9/h2-3,5-8,15H,4H2,1H3. The van der Waals surface area contributed by atoms with E-state index in [1.165, 1.54) is 0 Å². The van der Waals surface area contributed by atoms with Crippen molar-refractivity contribution in [2.75, 3.05) is 5.32 Å². The van der Waals surface area contributed by atoms with Crippen LogP contribution in [0.2, 0.25) is 0 Å². The van der Waals surface area contributed by atoms with Crippen molar-refractivity contribution in [3.63, 3.8) is 0 Å². The molecule has 0 saturated carbocycles. The normalized spacial score (nSPS) is 10.6. The molecule has 0 unspecified atom stereocenters. The minimum atomic E-state index is -0.385. The van der Waals surface area contributed by atoms with Crippen LogP contribution >= 0.6 is 11.3 Å². The summed E-state index contributed by atoms with van der Waals surface area (Å²) in [5.41, 5.74) is 2.52. The molecule has 0 fully saturated rings. The number of thiophene rings is 1. The highest BCUT2D eigenvalue weighted by Crippen LogP contribution is 2.24. The molecule has 0 aliphatic heterocycles. The van der Waals surface area contributed by atoms with E-state index >= 15 is 0 Å². The highest BCUT2D eigenvalue weighted by molar-refractivity contribution is 7.13. The Labute approximate surface area is 129 Å². The maximum Gasteiger partial charge on any atom is 0.324 e. The molecule has 0 radical (unpaired) electrons. The van der Waals surface area contributed by atoms with E-state index < -0.39 is 0 Å². The molecule has 0 atom stereocenters. The van der Waals surface area contributed by atoms with Crippen molar-refractivity contribution in [1.29, 1.82) is 0 Å². The van der Waals surface area contributed by atoms with Gasteiger partial charge in [0.05, 0.1) is 10.6 Å². The van der Waals surface area contributed by atoms with Crippen molar-refractivity contribution in [3.05, 3.63) is 51.9 Å². The second-order valence-corrected chi connectivity index (χ2v) is 5.52. The summed E-state index contributed by atoms with van der Waals surface area (Å²) in [4.78, 5) is 14.5. The number of nitrogens with zero attached hydrogens (tertiary/aromatic N) is 5. The van der Waals surface area contributed by atoms with E-state index in [4.69, 9.17) is 0 Å². The quantitative estimate of drug-likeness (QED) is 0.573. The zero-order valence-electron chi connectivity index (χ0n) is 11.6. The van der Waals surface area contributed by atoms with Gasteiger partial charge >= 0.3 is 5.00 Å². The van der Waals surface area contributed by atoms with Crippen LogP contribution in [0.15, 0.2) is 36.2 Å². The fourth-order valence-electron chi connectivity index (χ4n) is 1.96. The van der Waals surface area contributed by atoms with Crippen LogP contribution in [-0.4, -0.2) is 24.7 Å². The predicted molar refractivity (Wildman–Crippen MR) is 82.5 cm³/mol. The first kappa shape index (κ1) is 14.1. The number of hydrogen-bond acceptors (Lipinski definition) is 7. The van der Waals surface area contributed by atoms with E-state index in [0.29, 0.717) is 6.54 Å². The zero-order chi connectivity index (χ0) is 15.5. The van der Waals surface area contributed by atoms with Gasteiger partial charge in [-0.3, -0.25) is 15.1 Å². The molecule has 3 aromatic heterocycles. The Morgan fingerprint density at radius 2 is 2.27 bits per heavy atom. The summed E-state index contributed by atoms with van der Waals surface area (Å²) in [5.74, 6) is 0.724. The molecule has 3 aromatic rings. The van der Waals surface area contributed by atoms with E-state index in [9.17, 15) is 10.1 Å². The molecule has 0 aromatic carbocycles. The van der Waals surface area contributed by atoms with Crippen LogP contribution in [0.25, 0.3) is 11.4 Å². The smallest absolute Gasteiger partial charge is 0.324 e. The highest BCUT2D eigenvalue weighted by Gasteiger charge is 2.10. The zero-order valence-corrected chi connectivity index (χ0v) is 12.4. The molecular formula is C13H12N6O2S. The highest BCUT2D eigenvalue weighted by atomic mass is 32.1. The lowest BCUT2D eigenvalue weighted by molar-refractivity contribution is -0.380. The molecule has 0 bridgehead atoms. The van der Waals surface area contributed by atoms with Crippen molar-refractivity contribution in [2.45, 2.75) is 6.54 Å². The molecule has 3 rings (SSSR count). The van der Waals surface area contributed by atoms with Gasteiger partial charge in [0.15, 0.2) is 5.82 Å². The number of aryl methyl sites for hydroxylation is 1. The number of rotatable bonds is 5. The first-order valence-electron chi connectivity index (χ1n) is 6.38. The summed E-state index contributed by atoms with van der Waals surface area (Å²) in [6.45, 7) is 0.494. The van der Waals surface area contributed by atoms with E-state index in [-0.39, 0.29) is 9.92 Å². The summed E-state index contributed by atoms with van der Waals surface area (Å²) in [7, 11) is 1.86. The Hall–Kier alpha value is -2.81. The fourth-order valence-corrected chi connectivity index (χ4v) is 2.69. The number of nitro groups is 1. The molecule has 3 heterocycles. The average Bonchev–Trinajstić information content (AvgIpc) is 3.14. The lowest BCUT2D eigenvalue weighted by Crippen LogP contribution is -2.00. The van der Waals surface area contributed by atoms with Gasteiger partial charge < -0.3 is 9.88 Å². The fraction of sp³-hybridized carbons (Fsp3) is 0.154. The third kappa shape index (κ3) is 2.93. The maximum absolute atomic E-state index is 10.7. The van der Waals surface area contributed by atoms with E-state index in [1.807, 2.05) is 17.7 Å². The number of anilines is 1. The Morgan fingerprint density at radius 1 is 1.41 bits per heavy atom. The van der Waals surface area contributed by atoms with Crippen LogP contribution < -0.4 is 5.32 Å². The largest absolute Gasteiger partial charge is 0.380 e. The van der Waals surface area contributed by atoms with Gasteiger partial charge in [-0.25, -0.2) is 0 Å². The Morgan fingerprint density at radius 3 is 2.95 bits per heavy atom. The number of nitrogens with one attached hydrogen (secondary N) is 1. The lowest BCUT2D eigenvalue weighted by atomic mass is 10.2. The van der Waals surface area contributed by atoms with Crippen molar-refractivity contribution < 1.29 is 4.92 Å². The summed E-state index contributed by atoms with van der Waals surface area (Å²) in [6.07, 6.45) is 5.03. The monoisotopic (exact) mass is 316 g/mol. The lowest BCUT2D eigenvalue weighted by Gasteiger charge is -2.06. The molecule has 112 valence electrons. The van der Waals surface area contributed by atoms with Gasteiger partial charge in [-0.1, -0.05) is 11.3 Å². The predicted octanol–water partition coefficient (Wildman–Crippen LogP) is 2.46. The minimum absolute atomic E-state index is 0.141. The average molecular weight is 316 g/mol. The van der Waals surface area contributed by atoms with Crippen LogP contribution in [0.3, 0.4) is 0 Å². The third-order valence-corrected chi connectivity index (χ3v) is 3.95. The van der Waals surface area contributed by atoms with Gasteiger partial charge in [-0.2, -0.15) is 0 Å². The van der Waals surface area contributed by atoms with Crippen molar-refractivity contribution in [1.82, 2.24) is 19.7 Å². The summed E-state index contributed by atoms with van der Waals surface area (Å²) in [6, 6.07) is 3.48. The molecule has 8 nitrogen and oxygen atoms in total. The van der Waals surface area contributed by atoms with Crippen LogP contribution in [0, 0.1) is 10.1 Å². The number of pyridine rings is 1. The second-order valence-electron chi connectivity index (χ2n) is 4.63. The Bertz CT molecular complexity index is 812. The molecule has 0 aliphatic rings. The van der Waals surface area contributed by atoms with Crippen LogP contribution in [0.5, 0.6) is 0 Å². The maximum atomic E-state index is 10.7. The van der Waals surface area contributed by atoms with E-state index in [1.54, 1.807) is 30.2 Å². The summed E-state index contributed by atoms with van der Waals surface area (Å²) < 4.78 is 1.81. The van der Waals surface area contributed by atoms with Gasteiger partial charge in [-0.05, 0) is 11.6 Å². The number of hydrogen-bond donors (Lipinski definition) is 1. The van der Waals surface area contributed by atoms with Gasteiger partial charge in [-0.15, -0.1) is 10.2 Å². The first-order chi connectivity index (χ1) is 10.6. The van der Waals surface area contributed by atoms with Crippen LogP contribution in [-0.2, 0) is 13.6 Å². The molecule has 0 aliphatic carbocycles. The van der Waals surface area contributed by atoms with Gasteiger partial charge in [0.25, 0.3) is 0 Å². The minimum Gasteiger partial charge on any atom is -0.380 e. The van der Waals surface area contributed by atoms with Gasteiger partial charge in [0.1, 0.15) is 6.33 Å². The first-order valence-corrected chi connectivity index (χ1v) is 7.26. The van der Waals surface area contributed by atoms with Gasteiger partial charge in [0, 0.05) is 43.0 Å². The number of aromatic nitrogens is 4.